The van der Waals surface area contributed by atoms with Crippen molar-refractivity contribution < 1.29 is 4.92 Å². The first-order valence-electron chi connectivity index (χ1n) is 10.4. The molecule has 0 heterocycles. The van der Waals surface area contributed by atoms with E-state index in [1.54, 1.807) is 12.1 Å². The molecule has 0 bridgehead atoms. The van der Waals surface area contributed by atoms with Crippen LogP contribution in [0.25, 0.3) is 12.2 Å². The maximum Gasteiger partial charge on any atom is 0.269 e. The molecule has 0 atom stereocenters. The summed E-state index contributed by atoms with van der Waals surface area (Å²) in [5.41, 5.74) is 3.49. The molecule has 0 amide bonds. The van der Waals surface area contributed by atoms with Gasteiger partial charge in [-0.2, -0.15) is 0 Å². The molecule has 0 fully saturated rings. The van der Waals surface area contributed by atoms with Crippen LogP contribution in [0, 0.1) is 10.1 Å². The van der Waals surface area contributed by atoms with E-state index in [4.69, 9.17) is 0 Å². The molecule has 150 valence electrons. The lowest BCUT2D eigenvalue weighted by atomic mass is 10.1. The van der Waals surface area contributed by atoms with Crippen LogP contribution < -0.4 is 4.90 Å². The average molecular weight is 381 g/mol. The lowest BCUT2D eigenvalue weighted by Crippen LogP contribution is -2.25. The van der Waals surface area contributed by atoms with E-state index in [2.05, 4.69) is 43.0 Å². The van der Waals surface area contributed by atoms with Gasteiger partial charge in [-0.1, -0.05) is 63.8 Å². The summed E-state index contributed by atoms with van der Waals surface area (Å²) in [5.74, 6) is 0. The summed E-state index contributed by atoms with van der Waals surface area (Å²) in [6.07, 6.45) is 11.6. The number of benzene rings is 2. The Labute approximate surface area is 169 Å². The second-order valence-electron chi connectivity index (χ2n) is 7.17. The van der Waals surface area contributed by atoms with Gasteiger partial charge in [0.1, 0.15) is 0 Å². The molecule has 4 heteroatoms. The van der Waals surface area contributed by atoms with Gasteiger partial charge < -0.3 is 4.90 Å². The first kappa shape index (κ1) is 21.7. The van der Waals surface area contributed by atoms with E-state index in [1.165, 1.54) is 56.3 Å². The SMILES string of the molecule is CCCCCN(CCCCC)c1ccc(C=Cc2ccc([N+](=O)[O-])cc2)cc1. The lowest BCUT2D eigenvalue weighted by Gasteiger charge is -2.25. The summed E-state index contributed by atoms with van der Waals surface area (Å²) in [7, 11) is 0. The summed E-state index contributed by atoms with van der Waals surface area (Å²) < 4.78 is 0. The van der Waals surface area contributed by atoms with Gasteiger partial charge in [-0.15, -0.1) is 0 Å². The zero-order valence-corrected chi connectivity index (χ0v) is 17.1. The highest BCUT2D eigenvalue weighted by molar-refractivity contribution is 5.71. The van der Waals surface area contributed by atoms with Gasteiger partial charge in [0.2, 0.25) is 0 Å². The summed E-state index contributed by atoms with van der Waals surface area (Å²) in [5, 5.41) is 10.7. The Morgan fingerprint density at radius 3 is 1.68 bits per heavy atom. The monoisotopic (exact) mass is 380 g/mol. The number of hydrogen-bond acceptors (Lipinski definition) is 3. The second-order valence-corrected chi connectivity index (χ2v) is 7.17. The minimum Gasteiger partial charge on any atom is -0.372 e. The molecule has 0 radical (unpaired) electrons. The highest BCUT2D eigenvalue weighted by atomic mass is 16.6. The maximum atomic E-state index is 10.7. The molecule has 0 aliphatic heterocycles. The number of hydrogen-bond donors (Lipinski definition) is 0. The molecule has 0 saturated heterocycles. The topological polar surface area (TPSA) is 46.4 Å². The molecule has 0 aliphatic rings. The van der Waals surface area contributed by atoms with E-state index >= 15 is 0 Å². The van der Waals surface area contributed by atoms with Crippen LogP contribution in [0.4, 0.5) is 11.4 Å². The van der Waals surface area contributed by atoms with Crippen LogP contribution in [0.5, 0.6) is 0 Å². The molecule has 2 aromatic rings. The van der Waals surface area contributed by atoms with Gasteiger partial charge in [0, 0.05) is 30.9 Å². The van der Waals surface area contributed by atoms with Gasteiger partial charge in [0.05, 0.1) is 4.92 Å². The molecule has 4 nitrogen and oxygen atoms in total. The van der Waals surface area contributed by atoms with Crippen LogP contribution in [-0.4, -0.2) is 18.0 Å². The molecule has 0 unspecified atom stereocenters. The molecule has 0 spiro atoms. The zero-order valence-electron chi connectivity index (χ0n) is 17.1. The van der Waals surface area contributed by atoms with Crippen LogP contribution in [0.1, 0.15) is 63.5 Å². The predicted octanol–water partition coefficient (Wildman–Crippen LogP) is 6.95. The molecule has 0 N–H and O–H groups in total. The fraction of sp³-hybridized carbons (Fsp3) is 0.417. The Bertz CT molecular complexity index is 726. The highest BCUT2D eigenvalue weighted by Crippen LogP contribution is 2.19. The van der Waals surface area contributed by atoms with Crippen molar-refractivity contribution in [3.8, 4) is 0 Å². The van der Waals surface area contributed by atoms with Crippen LogP contribution in [-0.2, 0) is 0 Å². The maximum absolute atomic E-state index is 10.7. The number of nitrogens with zero attached hydrogens (tertiary/aromatic N) is 2. The van der Waals surface area contributed by atoms with Crippen molar-refractivity contribution in [2.75, 3.05) is 18.0 Å². The van der Waals surface area contributed by atoms with Gasteiger partial charge in [-0.25, -0.2) is 0 Å². The molecular formula is C24H32N2O2. The Morgan fingerprint density at radius 1 is 0.786 bits per heavy atom. The molecule has 0 aromatic heterocycles. The van der Waals surface area contributed by atoms with Crippen LogP contribution >= 0.6 is 0 Å². The highest BCUT2D eigenvalue weighted by Gasteiger charge is 2.06. The molecular weight excluding hydrogens is 348 g/mol. The number of nitro groups is 1. The first-order valence-corrected chi connectivity index (χ1v) is 10.4. The van der Waals surface area contributed by atoms with Crippen molar-refractivity contribution in [2.45, 2.75) is 52.4 Å². The van der Waals surface area contributed by atoms with E-state index < -0.39 is 0 Å². The normalized spacial score (nSPS) is 11.1. The molecule has 28 heavy (non-hydrogen) atoms. The number of rotatable bonds is 12. The summed E-state index contributed by atoms with van der Waals surface area (Å²) in [6, 6.07) is 15.3. The summed E-state index contributed by atoms with van der Waals surface area (Å²) in [6.45, 7) is 6.73. The first-order chi connectivity index (χ1) is 13.6. The third-order valence-electron chi connectivity index (χ3n) is 4.89. The van der Waals surface area contributed by atoms with E-state index in [1.807, 2.05) is 12.2 Å². The summed E-state index contributed by atoms with van der Waals surface area (Å²) >= 11 is 0. The van der Waals surface area contributed by atoms with E-state index in [9.17, 15) is 10.1 Å². The fourth-order valence-corrected chi connectivity index (χ4v) is 3.17. The van der Waals surface area contributed by atoms with E-state index in [0.717, 1.165) is 24.2 Å². The number of anilines is 1. The van der Waals surface area contributed by atoms with Gasteiger partial charge in [-0.3, -0.25) is 10.1 Å². The number of non-ortho nitro benzene ring substituents is 1. The number of unbranched alkanes of at least 4 members (excludes halogenated alkanes) is 4. The third kappa shape index (κ3) is 7.18. The van der Waals surface area contributed by atoms with E-state index in [-0.39, 0.29) is 10.6 Å². The van der Waals surface area contributed by atoms with Crippen LogP contribution in [0.2, 0.25) is 0 Å². The Hall–Kier alpha value is -2.62. The summed E-state index contributed by atoms with van der Waals surface area (Å²) in [4.78, 5) is 12.9. The molecule has 2 rings (SSSR count). The number of nitro benzene ring substituents is 1. The van der Waals surface area contributed by atoms with Crippen molar-refractivity contribution >= 4 is 23.5 Å². The molecule has 0 saturated carbocycles. The Balaban J connectivity index is 2.01. The van der Waals surface area contributed by atoms with Crippen molar-refractivity contribution in [1.29, 1.82) is 0 Å². The predicted molar refractivity (Wildman–Crippen MR) is 120 cm³/mol. The van der Waals surface area contributed by atoms with Crippen molar-refractivity contribution in [2.24, 2.45) is 0 Å². The van der Waals surface area contributed by atoms with Gasteiger partial charge >= 0.3 is 0 Å². The molecule has 0 aliphatic carbocycles. The van der Waals surface area contributed by atoms with Crippen molar-refractivity contribution in [3.63, 3.8) is 0 Å². The lowest BCUT2D eigenvalue weighted by molar-refractivity contribution is -0.384. The molecule has 2 aromatic carbocycles. The average Bonchev–Trinajstić information content (AvgIpc) is 2.72. The Kier molecular flexibility index (Phi) is 9.26. The zero-order chi connectivity index (χ0) is 20.2. The third-order valence-corrected chi connectivity index (χ3v) is 4.89. The Morgan fingerprint density at radius 2 is 1.25 bits per heavy atom. The van der Waals surface area contributed by atoms with Crippen molar-refractivity contribution in [1.82, 2.24) is 0 Å². The van der Waals surface area contributed by atoms with Gasteiger partial charge in [-0.05, 0) is 48.2 Å². The van der Waals surface area contributed by atoms with Gasteiger partial charge in [0.15, 0.2) is 0 Å². The minimum absolute atomic E-state index is 0.118. The largest absolute Gasteiger partial charge is 0.372 e. The van der Waals surface area contributed by atoms with E-state index in [0.29, 0.717) is 0 Å². The fourth-order valence-electron chi connectivity index (χ4n) is 3.17. The minimum atomic E-state index is -0.376. The van der Waals surface area contributed by atoms with Crippen molar-refractivity contribution in [3.05, 3.63) is 69.8 Å². The van der Waals surface area contributed by atoms with Crippen LogP contribution in [0.15, 0.2) is 48.5 Å². The quantitative estimate of drug-likeness (QED) is 0.173. The standard InChI is InChI=1S/C24H32N2O2/c1-3-5-7-19-25(20-8-6-4-2)23-15-11-21(12-16-23)9-10-22-13-17-24(18-14-22)26(27)28/h9-18H,3-8,19-20H2,1-2H3. The van der Waals surface area contributed by atoms with Crippen LogP contribution in [0.3, 0.4) is 0 Å². The smallest absolute Gasteiger partial charge is 0.269 e. The van der Waals surface area contributed by atoms with Gasteiger partial charge in [0.25, 0.3) is 5.69 Å². The second kappa shape index (κ2) is 12.0.